The summed E-state index contributed by atoms with van der Waals surface area (Å²) in [6, 6.07) is 0. The maximum Gasteiger partial charge on any atom is 0.225 e. The molecule has 0 aliphatic carbocycles. The van der Waals surface area contributed by atoms with Crippen LogP contribution in [0.15, 0.2) is 0 Å². The summed E-state index contributed by atoms with van der Waals surface area (Å²) in [6.07, 6.45) is 8.65. The van der Waals surface area contributed by atoms with Crippen molar-refractivity contribution in [2.24, 2.45) is 23.7 Å². The van der Waals surface area contributed by atoms with E-state index in [2.05, 4.69) is 5.32 Å². The Hall–Kier alpha value is -2.20. The van der Waals surface area contributed by atoms with Gasteiger partial charge in [-0.05, 0) is 32.1 Å². The first-order chi connectivity index (χ1) is 21.4. The zero-order valence-electron chi connectivity index (χ0n) is 30.1. The van der Waals surface area contributed by atoms with Crippen molar-refractivity contribution in [3.05, 3.63) is 0 Å². The SMILES string of the molecule is CC(C)C(=O)N1CCCCC1.CC(C)C(=O)N1CCCCCC1.CC(C)C(=O)N1CCNCC1.CC(C)C(=O)N1CCOCC1. The molecular formula is C35H67N5O5. The largest absolute Gasteiger partial charge is 0.378 e. The number of carbonyl (C=O) groups is 4. The molecule has 4 rings (SSSR count). The predicted molar refractivity (Wildman–Crippen MR) is 182 cm³/mol. The second-order valence-electron chi connectivity index (χ2n) is 13.8. The van der Waals surface area contributed by atoms with Crippen molar-refractivity contribution in [1.82, 2.24) is 24.9 Å². The molecule has 0 spiro atoms. The van der Waals surface area contributed by atoms with Crippen LogP contribution in [0.2, 0.25) is 0 Å². The molecule has 0 atom stereocenters. The molecule has 4 saturated heterocycles. The molecule has 0 saturated carbocycles. The molecule has 4 heterocycles. The van der Waals surface area contributed by atoms with E-state index in [0.717, 1.165) is 65.4 Å². The Bertz CT molecular complexity index is 757. The number of carbonyl (C=O) groups excluding carboxylic acids is 4. The third kappa shape index (κ3) is 16.8. The third-order valence-electron chi connectivity index (χ3n) is 8.31. The van der Waals surface area contributed by atoms with Crippen LogP contribution in [0, 0.1) is 23.7 Å². The molecule has 0 aromatic heterocycles. The molecule has 4 amide bonds. The van der Waals surface area contributed by atoms with E-state index in [-0.39, 0.29) is 35.5 Å². The number of piperidine rings is 1. The van der Waals surface area contributed by atoms with Gasteiger partial charge in [-0.3, -0.25) is 19.2 Å². The van der Waals surface area contributed by atoms with Crippen LogP contribution in [-0.2, 0) is 23.9 Å². The molecule has 4 fully saturated rings. The Kier molecular flexibility index (Phi) is 21.0. The van der Waals surface area contributed by atoms with E-state index in [0.29, 0.717) is 25.0 Å². The van der Waals surface area contributed by atoms with Crippen LogP contribution in [0.5, 0.6) is 0 Å². The number of hydrogen-bond acceptors (Lipinski definition) is 6. The number of morpholine rings is 1. The number of ether oxygens (including phenoxy) is 1. The van der Waals surface area contributed by atoms with E-state index >= 15 is 0 Å². The van der Waals surface area contributed by atoms with Crippen molar-refractivity contribution < 1.29 is 23.9 Å². The van der Waals surface area contributed by atoms with Gasteiger partial charge in [0.25, 0.3) is 0 Å². The summed E-state index contributed by atoms with van der Waals surface area (Å²) in [4.78, 5) is 53.6. The second-order valence-corrected chi connectivity index (χ2v) is 13.8. The zero-order valence-corrected chi connectivity index (χ0v) is 30.1. The first-order valence-electron chi connectivity index (χ1n) is 17.8. The van der Waals surface area contributed by atoms with E-state index in [1.165, 1.54) is 44.9 Å². The Morgan fingerprint density at radius 1 is 0.422 bits per heavy atom. The van der Waals surface area contributed by atoms with Crippen molar-refractivity contribution in [3.8, 4) is 0 Å². The van der Waals surface area contributed by atoms with Gasteiger partial charge < -0.3 is 29.7 Å². The highest BCUT2D eigenvalue weighted by atomic mass is 16.5. The maximum absolute atomic E-state index is 11.6. The summed E-state index contributed by atoms with van der Waals surface area (Å²) in [7, 11) is 0. The van der Waals surface area contributed by atoms with Gasteiger partial charge in [-0.1, -0.05) is 68.2 Å². The molecular weight excluding hydrogens is 570 g/mol. The lowest BCUT2D eigenvalue weighted by molar-refractivity contribution is -0.138. The minimum atomic E-state index is 0.119. The monoisotopic (exact) mass is 638 g/mol. The Morgan fingerprint density at radius 3 is 1.00 bits per heavy atom. The quantitative estimate of drug-likeness (QED) is 0.494. The molecule has 0 unspecified atom stereocenters. The Labute approximate surface area is 274 Å². The molecule has 4 aliphatic rings. The Balaban J connectivity index is 0.000000300. The van der Waals surface area contributed by atoms with Crippen LogP contribution in [0.1, 0.15) is 100 Å². The summed E-state index contributed by atoms with van der Waals surface area (Å²) < 4.78 is 5.14. The number of amides is 4. The molecule has 45 heavy (non-hydrogen) atoms. The van der Waals surface area contributed by atoms with Crippen molar-refractivity contribution in [2.75, 3.05) is 78.7 Å². The van der Waals surface area contributed by atoms with E-state index in [9.17, 15) is 19.2 Å². The molecule has 1 N–H and O–H groups in total. The van der Waals surface area contributed by atoms with E-state index in [1.807, 2.05) is 75.0 Å². The normalized spacial score (nSPS) is 19.1. The number of piperazine rings is 1. The number of hydrogen-bond donors (Lipinski definition) is 1. The fourth-order valence-electron chi connectivity index (χ4n) is 5.53. The molecule has 10 nitrogen and oxygen atoms in total. The average Bonchev–Trinajstić information content (AvgIpc) is 3.35. The highest BCUT2D eigenvalue weighted by Gasteiger charge is 2.21. The first-order valence-corrected chi connectivity index (χ1v) is 17.8. The minimum Gasteiger partial charge on any atom is -0.378 e. The summed E-state index contributed by atoms with van der Waals surface area (Å²) >= 11 is 0. The fourth-order valence-corrected chi connectivity index (χ4v) is 5.53. The number of nitrogens with one attached hydrogen (secondary N) is 1. The molecule has 0 aromatic rings. The van der Waals surface area contributed by atoms with Crippen LogP contribution < -0.4 is 5.32 Å². The van der Waals surface area contributed by atoms with Gasteiger partial charge in [-0.2, -0.15) is 0 Å². The smallest absolute Gasteiger partial charge is 0.225 e. The van der Waals surface area contributed by atoms with Crippen LogP contribution in [0.3, 0.4) is 0 Å². The van der Waals surface area contributed by atoms with Gasteiger partial charge in [0, 0.05) is 89.1 Å². The zero-order chi connectivity index (χ0) is 33.8. The van der Waals surface area contributed by atoms with Crippen molar-refractivity contribution in [3.63, 3.8) is 0 Å². The predicted octanol–water partition coefficient (Wildman–Crippen LogP) is 4.28. The molecule has 4 aliphatic heterocycles. The number of rotatable bonds is 4. The minimum absolute atomic E-state index is 0.119. The van der Waals surface area contributed by atoms with Crippen molar-refractivity contribution in [1.29, 1.82) is 0 Å². The van der Waals surface area contributed by atoms with Crippen LogP contribution in [0.25, 0.3) is 0 Å². The van der Waals surface area contributed by atoms with Gasteiger partial charge in [0.2, 0.25) is 23.6 Å². The van der Waals surface area contributed by atoms with E-state index in [1.54, 1.807) is 0 Å². The summed E-state index contributed by atoms with van der Waals surface area (Å²) in [5, 5.41) is 3.21. The van der Waals surface area contributed by atoms with Crippen molar-refractivity contribution >= 4 is 23.6 Å². The van der Waals surface area contributed by atoms with Gasteiger partial charge in [-0.15, -0.1) is 0 Å². The second kappa shape index (κ2) is 23.2. The fraction of sp³-hybridized carbons (Fsp3) is 0.886. The van der Waals surface area contributed by atoms with Gasteiger partial charge in [0.15, 0.2) is 0 Å². The number of likely N-dealkylation sites (tertiary alicyclic amines) is 2. The van der Waals surface area contributed by atoms with Gasteiger partial charge >= 0.3 is 0 Å². The number of nitrogens with zero attached hydrogens (tertiary/aromatic N) is 4. The third-order valence-corrected chi connectivity index (χ3v) is 8.31. The highest BCUT2D eigenvalue weighted by molar-refractivity contribution is 5.79. The average molecular weight is 638 g/mol. The highest BCUT2D eigenvalue weighted by Crippen LogP contribution is 2.13. The summed E-state index contributed by atoms with van der Waals surface area (Å²) in [5.74, 6) is 1.79. The van der Waals surface area contributed by atoms with Crippen LogP contribution in [0.4, 0.5) is 0 Å². The molecule has 262 valence electrons. The summed E-state index contributed by atoms with van der Waals surface area (Å²) in [5.41, 5.74) is 0. The van der Waals surface area contributed by atoms with Gasteiger partial charge in [0.05, 0.1) is 13.2 Å². The standard InChI is InChI=1S/C10H19NO.C9H17NO.C8H16N2O.C8H15NO2/c1-9(2)10(12)11-7-5-3-4-6-8-11;1-8(2)9(11)10-6-4-3-5-7-10;1-7(2)8(11)10-5-3-9-4-6-10;1-7(2)8(10)9-3-5-11-6-4-9/h9H,3-8H2,1-2H3;8H,3-7H2,1-2H3;7,9H,3-6H2,1-2H3;7H,3-6H2,1-2H3. The lowest BCUT2D eigenvalue weighted by Crippen LogP contribution is -2.47. The summed E-state index contributed by atoms with van der Waals surface area (Å²) in [6.45, 7) is 26.1. The van der Waals surface area contributed by atoms with E-state index < -0.39 is 0 Å². The van der Waals surface area contributed by atoms with Crippen LogP contribution >= 0.6 is 0 Å². The van der Waals surface area contributed by atoms with Gasteiger partial charge in [-0.25, -0.2) is 0 Å². The Morgan fingerprint density at radius 2 is 0.689 bits per heavy atom. The van der Waals surface area contributed by atoms with E-state index in [4.69, 9.17) is 4.74 Å². The lowest BCUT2D eigenvalue weighted by Gasteiger charge is -2.28. The maximum atomic E-state index is 11.6. The molecule has 10 heteroatoms. The lowest BCUT2D eigenvalue weighted by atomic mass is 10.1. The topological polar surface area (TPSA) is 102 Å². The van der Waals surface area contributed by atoms with Gasteiger partial charge in [0.1, 0.15) is 0 Å². The van der Waals surface area contributed by atoms with Crippen LogP contribution in [-0.4, -0.2) is 122 Å². The first kappa shape index (κ1) is 40.8. The molecule has 0 aromatic carbocycles. The molecule has 0 radical (unpaired) electrons. The molecule has 0 bridgehead atoms. The van der Waals surface area contributed by atoms with Crippen molar-refractivity contribution in [2.45, 2.75) is 100 Å².